The molecule has 2 aliphatic carbocycles. The lowest BCUT2D eigenvalue weighted by atomic mass is 10.0. The van der Waals surface area contributed by atoms with Crippen molar-refractivity contribution >= 4 is 51.0 Å². The van der Waals surface area contributed by atoms with Gasteiger partial charge in [-0.25, -0.2) is 14.2 Å². The third-order valence-electron chi connectivity index (χ3n) is 8.83. The lowest BCUT2D eigenvalue weighted by molar-refractivity contribution is -0.136. The molecule has 2 aliphatic heterocycles. The molecule has 5 amide bonds. The lowest BCUT2D eigenvalue weighted by Gasteiger charge is -2.29. The fourth-order valence-corrected chi connectivity index (χ4v) is 7.49. The maximum Gasteiger partial charge on any atom is 0.319 e. The summed E-state index contributed by atoms with van der Waals surface area (Å²) in [7, 11) is 1.61. The molecule has 2 aromatic carbocycles. The summed E-state index contributed by atoms with van der Waals surface area (Å²) < 4.78 is 28.4. The molecule has 1 aromatic heterocycles. The van der Waals surface area contributed by atoms with Crippen molar-refractivity contribution < 1.29 is 33.0 Å². The number of rotatable bonds is 8. The molecule has 7 rings (SSSR count). The lowest BCUT2D eigenvalue weighted by Crippen LogP contribution is -2.52. The highest BCUT2D eigenvalue weighted by molar-refractivity contribution is 7.18. The number of hydrogen-bond acceptors (Lipinski definition) is 8. The molecule has 2 saturated carbocycles. The average molecular weight is 622 g/mol. The van der Waals surface area contributed by atoms with Gasteiger partial charge in [0.15, 0.2) is 11.6 Å². The van der Waals surface area contributed by atoms with Gasteiger partial charge in [0.25, 0.3) is 5.91 Å². The molecule has 0 radical (unpaired) electrons. The molecule has 1 saturated heterocycles. The van der Waals surface area contributed by atoms with E-state index in [0.29, 0.717) is 11.5 Å². The van der Waals surface area contributed by atoms with Gasteiger partial charge in [-0.15, -0.1) is 11.3 Å². The van der Waals surface area contributed by atoms with Crippen molar-refractivity contribution in [3.63, 3.8) is 0 Å². The summed E-state index contributed by atoms with van der Waals surface area (Å²) in [5.41, 5.74) is 0.899. The first-order valence-corrected chi connectivity index (χ1v) is 15.8. The molecule has 11 nitrogen and oxygen atoms in total. The summed E-state index contributed by atoms with van der Waals surface area (Å²) in [6, 6.07) is 4.76. The highest BCUT2D eigenvalue weighted by Crippen LogP contribution is 2.45. The predicted molar refractivity (Wildman–Crippen MR) is 159 cm³/mol. The number of ether oxygens (including phenoxy) is 2. The van der Waals surface area contributed by atoms with Crippen molar-refractivity contribution in [2.24, 2.45) is 5.92 Å². The molecular weight excluding hydrogens is 589 g/mol. The van der Waals surface area contributed by atoms with Gasteiger partial charge >= 0.3 is 6.03 Å². The monoisotopic (exact) mass is 621 g/mol. The summed E-state index contributed by atoms with van der Waals surface area (Å²) in [6.07, 6.45) is 6.58. The van der Waals surface area contributed by atoms with Crippen LogP contribution >= 0.6 is 11.3 Å². The smallest absolute Gasteiger partial charge is 0.319 e. The van der Waals surface area contributed by atoms with E-state index < -0.39 is 35.6 Å². The number of hydrogen-bond donors (Lipinski definition) is 3. The van der Waals surface area contributed by atoms with Crippen LogP contribution in [0.2, 0.25) is 0 Å². The number of imide groups is 1. The number of methoxy groups -OCH3 is 1. The van der Waals surface area contributed by atoms with Gasteiger partial charge in [0.1, 0.15) is 22.3 Å². The van der Waals surface area contributed by atoms with Gasteiger partial charge < -0.3 is 25.0 Å². The number of urea groups is 1. The Morgan fingerprint density at radius 2 is 1.93 bits per heavy atom. The van der Waals surface area contributed by atoms with Gasteiger partial charge in [0.05, 0.1) is 36.2 Å². The summed E-state index contributed by atoms with van der Waals surface area (Å²) in [5.74, 6) is -0.632. The van der Waals surface area contributed by atoms with E-state index >= 15 is 4.39 Å². The second-order valence-corrected chi connectivity index (χ2v) is 12.9. The molecule has 230 valence electrons. The molecule has 13 heteroatoms. The number of aromatic nitrogens is 1. The largest absolute Gasteiger partial charge is 0.497 e. The highest BCUT2D eigenvalue weighted by atomic mass is 32.1. The fourth-order valence-electron chi connectivity index (χ4n) is 6.33. The Labute approximate surface area is 256 Å². The minimum absolute atomic E-state index is 0.0741. The first-order valence-electron chi connectivity index (χ1n) is 15.0. The van der Waals surface area contributed by atoms with Crippen molar-refractivity contribution in [3.8, 4) is 11.5 Å². The van der Waals surface area contributed by atoms with Gasteiger partial charge in [-0.3, -0.25) is 19.7 Å². The molecule has 3 aromatic rings. The number of anilines is 1. The van der Waals surface area contributed by atoms with E-state index in [1.807, 2.05) is 12.1 Å². The van der Waals surface area contributed by atoms with Gasteiger partial charge in [-0.05, 0) is 69.1 Å². The topological polar surface area (TPSA) is 139 Å². The van der Waals surface area contributed by atoms with E-state index in [-0.39, 0.29) is 54.3 Å². The molecule has 3 fully saturated rings. The second-order valence-electron chi connectivity index (χ2n) is 11.8. The molecule has 1 unspecified atom stereocenters. The van der Waals surface area contributed by atoms with Crippen LogP contribution in [-0.4, -0.2) is 52.9 Å². The zero-order chi connectivity index (χ0) is 30.5. The molecule has 0 spiro atoms. The van der Waals surface area contributed by atoms with Gasteiger partial charge in [-0.1, -0.05) is 0 Å². The first-order chi connectivity index (χ1) is 21.3. The van der Waals surface area contributed by atoms with Crippen LogP contribution in [0.1, 0.15) is 78.3 Å². The highest BCUT2D eigenvalue weighted by Gasteiger charge is 2.41. The number of thiazole rings is 1. The summed E-state index contributed by atoms with van der Waals surface area (Å²) >= 11 is 1.47. The van der Waals surface area contributed by atoms with Crippen LogP contribution in [0.15, 0.2) is 24.3 Å². The number of piperidine rings is 1. The third kappa shape index (κ3) is 5.33. The Bertz CT molecular complexity index is 1680. The minimum Gasteiger partial charge on any atom is -0.497 e. The summed E-state index contributed by atoms with van der Waals surface area (Å²) in [5, 5.41) is 8.58. The molecule has 4 aliphatic rings. The zero-order valence-corrected chi connectivity index (χ0v) is 24.9. The van der Waals surface area contributed by atoms with Gasteiger partial charge in [0, 0.05) is 23.6 Å². The Kier molecular flexibility index (Phi) is 7.35. The Morgan fingerprint density at radius 3 is 2.66 bits per heavy atom. The molecular formula is C31H32FN5O6S. The number of nitrogens with one attached hydrogen (secondary N) is 3. The molecule has 3 heterocycles. The van der Waals surface area contributed by atoms with Crippen molar-refractivity contribution in [1.29, 1.82) is 0 Å². The normalized spacial score (nSPS) is 20.9. The average Bonchev–Trinajstić information content (AvgIpc) is 3.37. The zero-order valence-electron chi connectivity index (χ0n) is 24.1. The first kappa shape index (κ1) is 28.5. The van der Waals surface area contributed by atoms with E-state index in [4.69, 9.17) is 14.5 Å². The van der Waals surface area contributed by atoms with E-state index in [9.17, 15) is 19.2 Å². The van der Waals surface area contributed by atoms with Crippen LogP contribution in [0.25, 0.3) is 10.2 Å². The van der Waals surface area contributed by atoms with Crippen LogP contribution < -0.4 is 25.4 Å². The molecule has 0 bridgehead atoms. The predicted octanol–water partition coefficient (Wildman–Crippen LogP) is 4.80. The van der Waals surface area contributed by atoms with Crippen molar-refractivity contribution in [1.82, 2.24) is 20.5 Å². The van der Waals surface area contributed by atoms with Crippen LogP contribution in [0.5, 0.6) is 11.5 Å². The van der Waals surface area contributed by atoms with Crippen LogP contribution in [0, 0.1) is 11.7 Å². The van der Waals surface area contributed by atoms with E-state index in [1.165, 1.54) is 28.4 Å². The number of fused-ring (bicyclic) bond motifs is 2. The summed E-state index contributed by atoms with van der Waals surface area (Å²) in [4.78, 5) is 56.3. The second kappa shape index (κ2) is 11.3. The quantitative estimate of drug-likeness (QED) is 0.307. The fraction of sp³-hybridized carbons (Fsp3) is 0.452. The minimum atomic E-state index is -0.858. The number of carbonyl (C=O) groups excluding carboxylic acids is 4. The van der Waals surface area contributed by atoms with Crippen molar-refractivity contribution in [2.75, 3.05) is 12.4 Å². The Balaban J connectivity index is 1.09. The maximum absolute atomic E-state index is 15.6. The van der Waals surface area contributed by atoms with Gasteiger partial charge in [-0.2, -0.15) is 0 Å². The van der Waals surface area contributed by atoms with E-state index in [1.54, 1.807) is 7.11 Å². The van der Waals surface area contributed by atoms with E-state index in [0.717, 1.165) is 53.7 Å². The Hall–Kier alpha value is -4.26. The Morgan fingerprint density at radius 1 is 1.14 bits per heavy atom. The number of amides is 5. The van der Waals surface area contributed by atoms with Crippen LogP contribution in [0.3, 0.4) is 0 Å². The van der Waals surface area contributed by atoms with Crippen molar-refractivity contribution in [2.45, 2.75) is 76.1 Å². The number of nitrogens with zero attached hydrogens (tertiary/aromatic N) is 2. The molecule has 44 heavy (non-hydrogen) atoms. The standard InChI is InChI=1S/C31H32FN5O6S/c1-42-17-12-22(43-16-4-2-3-5-16)27-23(13-17)44-29(35-27)26(15-6-7-15)36-31(41)33-20-9-8-18-19(25(20)32)14-37(30(18)40)21-10-11-24(38)34-28(21)39/h8-9,12-13,15-16,21,26H,2-7,10-11,14H2,1H3,(H2,33,36,41)(H,34,38,39)/t21?,26-/m1/s1. The maximum atomic E-state index is 15.6. The van der Waals surface area contributed by atoms with Crippen LogP contribution in [0.4, 0.5) is 14.9 Å². The van der Waals surface area contributed by atoms with E-state index in [2.05, 4.69) is 16.0 Å². The SMILES string of the molecule is COc1cc(OC2CCCC2)c2nc([C@H](NC(=O)Nc3ccc4c(c3F)CN(C3CCC(=O)NC3=O)C4=O)C3CC3)sc2c1. The number of carbonyl (C=O) groups is 4. The van der Waals surface area contributed by atoms with Gasteiger partial charge in [0.2, 0.25) is 11.8 Å². The molecule has 3 N–H and O–H groups in total. The summed E-state index contributed by atoms with van der Waals surface area (Å²) in [6.45, 7) is -0.130. The third-order valence-corrected chi connectivity index (χ3v) is 9.91. The number of benzene rings is 2. The number of halogens is 1. The van der Waals surface area contributed by atoms with Crippen LogP contribution in [-0.2, 0) is 16.1 Å². The van der Waals surface area contributed by atoms with Crippen molar-refractivity contribution in [3.05, 3.63) is 46.2 Å². The molecule has 2 atom stereocenters.